The van der Waals surface area contributed by atoms with Crippen LogP contribution in [0.5, 0.6) is 0 Å². The lowest BCUT2D eigenvalue weighted by molar-refractivity contribution is -0.126. The standard InChI is InChI=1S/C14H27N3O2.ClH/c15-8-4-5-9-16-14(19)11-17-13(18)10-12-6-2-1-3-7-12;/h12H,1-11,15H2,(H,16,19)(H,17,18);1H. The lowest BCUT2D eigenvalue weighted by Crippen LogP contribution is -2.38. The van der Waals surface area contributed by atoms with Crippen LogP contribution in [0.2, 0.25) is 0 Å². The quantitative estimate of drug-likeness (QED) is 0.592. The summed E-state index contributed by atoms with van der Waals surface area (Å²) in [6.07, 6.45) is 8.44. The molecule has 5 nitrogen and oxygen atoms in total. The van der Waals surface area contributed by atoms with Crippen LogP contribution in [0.3, 0.4) is 0 Å². The van der Waals surface area contributed by atoms with E-state index in [-0.39, 0.29) is 30.8 Å². The molecule has 0 bridgehead atoms. The van der Waals surface area contributed by atoms with Crippen LogP contribution in [0.25, 0.3) is 0 Å². The van der Waals surface area contributed by atoms with Gasteiger partial charge in [0, 0.05) is 13.0 Å². The number of amides is 2. The zero-order valence-corrected chi connectivity index (χ0v) is 13.0. The van der Waals surface area contributed by atoms with Crippen LogP contribution in [-0.4, -0.2) is 31.4 Å². The third-order valence-electron chi connectivity index (χ3n) is 3.60. The molecule has 4 N–H and O–H groups in total. The number of unbranched alkanes of at least 4 members (excludes halogenated alkanes) is 1. The summed E-state index contributed by atoms with van der Waals surface area (Å²) in [6, 6.07) is 0. The normalized spacial score (nSPS) is 15.2. The van der Waals surface area contributed by atoms with E-state index in [1.807, 2.05) is 0 Å². The average molecular weight is 306 g/mol. The molecular formula is C14H28ClN3O2. The molecule has 1 rings (SSSR count). The molecule has 1 aliphatic rings. The summed E-state index contributed by atoms with van der Waals surface area (Å²) in [4.78, 5) is 23.1. The minimum absolute atomic E-state index is 0. The Kier molecular flexibility index (Phi) is 11.5. The second-order valence-corrected chi connectivity index (χ2v) is 5.33. The van der Waals surface area contributed by atoms with Crippen molar-refractivity contribution in [3.05, 3.63) is 0 Å². The molecule has 0 radical (unpaired) electrons. The van der Waals surface area contributed by atoms with Crippen molar-refractivity contribution in [1.82, 2.24) is 10.6 Å². The Balaban J connectivity index is 0.00000361. The van der Waals surface area contributed by atoms with Gasteiger partial charge < -0.3 is 16.4 Å². The first-order chi connectivity index (χ1) is 9.22. The summed E-state index contributed by atoms with van der Waals surface area (Å²) in [5.74, 6) is 0.402. The number of rotatable bonds is 8. The first-order valence-electron chi connectivity index (χ1n) is 7.46. The van der Waals surface area contributed by atoms with E-state index < -0.39 is 0 Å². The maximum atomic E-state index is 11.7. The number of halogens is 1. The van der Waals surface area contributed by atoms with Gasteiger partial charge in [0.05, 0.1) is 6.54 Å². The van der Waals surface area contributed by atoms with Gasteiger partial charge in [0.1, 0.15) is 0 Å². The Labute approximate surface area is 127 Å². The predicted molar refractivity (Wildman–Crippen MR) is 82.7 cm³/mol. The molecule has 0 spiro atoms. The van der Waals surface area contributed by atoms with Crippen LogP contribution < -0.4 is 16.4 Å². The van der Waals surface area contributed by atoms with Crippen molar-refractivity contribution in [3.63, 3.8) is 0 Å². The van der Waals surface area contributed by atoms with Crippen molar-refractivity contribution in [2.45, 2.75) is 51.4 Å². The Hall–Kier alpha value is -0.810. The van der Waals surface area contributed by atoms with E-state index in [9.17, 15) is 9.59 Å². The van der Waals surface area contributed by atoms with Crippen molar-refractivity contribution < 1.29 is 9.59 Å². The summed E-state index contributed by atoms with van der Waals surface area (Å²) in [5.41, 5.74) is 5.36. The third-order valence-corrected chi connectivity index (χ3v) is 3.60. The van der Waals surface area contributed by atoms with Crippen LogP contribution in [0.4, 0.5) is 0 Å². The molecule has 1 fully saturated rings. The van der Waals surface area contributed by atoms with Gasteiger partial charge in [-0.3, -0.25) is 9.59 Å². The summed E-state index contributed by atoms with van der Waals surface area (Å²) in [6.45, 7) is 1.37. The molecule has 118 valence electrons. The van der Waals surface area contributed by atoms with Crippen LogP contribution in [0.15, 0.2) is 0 Å². The molecule has 6 heteroatoms. The number of hydrogen-bond acceptors (Lipinski definition) is 3. The highest BCUT2D eigenvalue weighted by Gasteiger charge is 2.17. The van der Waals surface area contributed by atoms with E-state index in [1.165, 1.54) is 19.3 Å². The number of carbonyl (C=O) groups is 2. The van der Waals surface area contributed by atoms with Gasteiger partial charge in [-0.1, -0.05) is 19.3 Å². The first-order valence-corrected chi connectivity index (χ1v) is 7.46. The second-order valence-electron chi connectivity index (χ2n) is 5.33. The van der Waals surface area contributed by atoms with Gasteiger partial charge in [-0.15, -0.1) is 12.4 Å². The van der Waals surface area contributed by atoms with Gasteiger partial charge in [0.15, 0.2) is 0 Å². The Morgan fingerprint density at radius 3 is 2.35 bits per heavy atom. The molecular weight excluding hydrogens is 278 g/mol. The minimum atomic E-state index is -0.117. The smallest absolute Gasteiger partial charge is 0.239 e. The van der Waals surface area contributed by atoms with E-state index in [0.29, 0.717) is 25.4 Å². The van der Waals surface area contributed by atoms with Crippen molar-refractivity contribution in [2.24, 2.45) is 11.7 Å². The molecule has 0 saturated heterocycles. The molecule has 0 atom stereocenters. The lowest BCUT2D eigenvalue weighted by Gasteiger charge is -2.20. The van der Waals surface area contributed by atoms with E-state index in [4.69, 9.17) is 5.73 Å². The maximum absolute atomic E-state index is 11.7. The van der Waals surface area contributed by atoms with Crippen LogP contribution in [0, 0.1) is 5.92 Å². The van der Waals surface area contributed by atoms with E-state index in [0.717, 1.165) is 25.7 Å². The van der Waals surface area contributed by atoms with E-state index in [1.54, 1.807) is 0 Å². The highest BCUT2D eigenvalue weighted by molar-refractivity contribution is 5.85. The molecule has 1 aliphatic carbocycles. The fourth-order valence-electron chi connectivity index (χ4n) is 2.46. The maximum Gasteiger partial charge on any atom is 0.239 e. The van der Waals surface area contributed by atoms with Crippen molar-refractivity contribution in [1.29, 1.82) is 0 Å². The Morgan fingerprint density at radius 2 is 1.70 bits per heavy atom. The van der Waals surface area contributed by atoms with Crippen molar-refractivity contribution in [2.75, 3.05) is 19.6 Å². The Morgan fingerprint density at radius 1 is 1.00 bits per heavy atom. The van der Waals surface area contributed by atoms with Crippen LogP contribution in [-0.2, 0) is 9.59 Å². The monoisotopic (exact) mass is 305 g/mol. The average Bonchev–Trinajstić information content (AvgIpc) is 2.42. The highest BCUT2D eigenvalue weighted by atomic mass is 35.5. The molecule has 0 unspecified atom stereocenters. The van der Waals surface area contributed by atoms with Gasteiger partial charge in [0.2, 0.25) is 11.8 Å². The molecule has 0 aromatic rings. The van der Waals surface area contributed by atoms with Crippen LogP contribution in [0.1, 0.15) is 51.4 Å². The molecule has 20 heavy (non-hydrogen) atoms. The SMILES string of the molecule is Cl.NCCCCNC(=O)CNC(=O)CC1CCCCC1. The van der Waals surface area contributed by atoms with Gasteiger partial charge >= 0.3 is 0 Å². The minimum Gasteiger partial charge on any atom is -0.355 e. The summed E-state index contributed by atoms with van der Waals surface area (Å²) >= 11 is 0. The fourth-order valence-corrected chi connectivity index (χ4v) is 2.46. The lowest BCUT2D eigenvalue weighted by atomic mass is 9.87. The molecule has 0 aromatic heterocycles. The van der Waals surface area contributed by atoms with Gasteiger partial charge in [0.25, 0.3) is 0 Å². The number of carbonyl (C=O) groups excluding carboxylic acids is 2. The molecule has 0 aromatic carbocycles. The van der Waals surface area contributed by atoms with Gasteiger partial charge in [-0.2, -0.15) is 0 Å². The van der Waals surface area contributed by atoms with Crippen molar-refractivity contribution in [3.8, 4) is 0 Å². The number of hydrogen-bond donors (Lipinski definition) is 3. The van der Waals surface area contributed by atoms with E-state index in [2.05, 4.69) is 10.6 Å². The zero-order chi connectivity index (χ0) is 13.9. The molecule has 0 aliphatic heterocycles. The van der Waals surface area contributed by atoms with E-state index >= 15 is 0 Å². The van der Waals surface area contributed by atoms with Crippen molar-refractivity contribution >= 4 is 24.2 Å². The Bertz CT molecular complexity index is 282. The zero-order valence-electron chi connectivity index (χ0n) is 12.2. The van der Waals surface area contributed by atoms with Gasteiger partial charge in [-0.25, -0.2) is 0 Å². The summed E-state index contributed by atoms with van der Waals surface area (Å²) < 4.78 is 0. The van der Waals surface area contributed by atoms with Crippen LogP contribution >= 0.6 is 12.4 Å². The predicted octanol–water partition coefficient (Wildman–Crippen LogP) is 1.35. The summed E-state index contributed by atoms with van der Waals surface area (Å²) in [5, 5.41) is 5.46. The number of nitrogens with one attached hydrogen (secondary N) is 2. The first kappa shape index (κ1) is 19.2. The number of nitrogens with two attached hydrogens (primary N) is 1. The molecule has 2 amide bonds. The summed E-state index contributed by atoms with van der Waals surface area (Å²) in [7, 11) is 0. The fraction of sp³-hybridized carbons (Fsp3) is 0.857. The largest absolute Gasteiger partial charge is 0.355 e. The molecule has 0 heterocycles. The second kappa shape index (κ2) is 12.0. The topological polar surface area (TPSA) is 84.2 Å². The molecule has 1 saturated carbocycles. The van der Waals surface area contributed by atoms with Gasteiger partial charge in [-0.05, 0) is 38.1 Å². The third kappa shape index (κ3) is 9.15. The highest BCUT2D eigenvalue weighted by Crippen LogP contribution is 2.25.